The van der Waals surface area contributed by atoms with Gasteiger partial charge in [0.1, 0.15) is 0 Å². The molecule has 0 aromatic heterocycles. The Labute approximate surface area is 446 Å². The van der Waals surface area contributed by atoms with Crippen molar-refractivity contribution in [3.05, 3.63) is 201 Å². The van der Waals surface area contributed by atoms with Gasteiger partial charge in [-0.3, -0.25) is 29.0 Å². The summed E-state index contributed by atoms with van der Waals surface area (Å²) in [6.45, 7) is 16.4. The van der Waals surface area contributed by atoms with E-state index in [9.17, 15) is 19.2 Å². The number of para-hydroxylation sites is 2. The number of halogens is 2. The van der Waals surface area contributed by atoms with Crippen molar-refractivity contribution in [3.8, 4) is 0 Å². The van der Waals surface area contributed by atoms with E-state index in [1.165, 1.54) is 5.56 Å². The Balaban J connectivity index is 0.000000152. The lowest BCUT2D eigenvalue weighted by Crippen LogP contribution is -2.50. The summed E-state index contributed by atoms with van der Waals surface area (Å²) in [6.07, 6.45) is 2.70. The lowest BCUT2D eigenvalue weighted by Gasteiger charge is -2.37. The maximum absolute atomic E-state index is 14.0. The maximum atomic E-state index is 14.0. The lowest BCUT2D eigenvalue weighted by atomic mass is 9.92. The van der Waals surface area contributed by atoms with Crippen molar-refractivity contribution in [1.29, 1.82) is 0 Å². The van der Waals surface area contributed by atoms with Crippen molar-refractivity contribution < 1.29 is 19.2 Å². The van der Waals surface area contributed by atoms with Crippen molar-refractivity contribution in [2.45, 2.75) is 88.9 Å². The number of amides is 4. The summed E-state index contributed by atoms with van der Waals surface area (Å²) >= 11 is 11.6. The average molecular weight is 1030 g/mol. The van der Waals surface area contributed by atoms with Crippen LogP contribution in [0.1, 0.15) is 101 Å². The topological polar surface area (TPSA) is 87.7 Å². The second-order valence-electron chi connectivity index (χ2n) is 21.2. The van der Waals surface area contributed by atoms with E-state index in [0.29, 0.717) is 41.3 Å². The number of carbonyl (C=O) groups excluding carboxylic acids is 4. The lowest BCUT2D eigenvalue weighted by molar-refractivity contribution is -0.121. The molecule has 6 aromatic rings. The zero-order chi connectivity index (χ0) is 51.7. The standard InChI is InChI=1S/C31H32ClN3O2.C25H29N3O2.C6H5Cl/c1-21(2)33-14-16-34(17-15-33)29(36)24-7-5-6-22(18-24)20-35-28-9-4-3-8-26(28)31(30(35)37)19-27(31)23-10-12-25(32)13-11-23;1-18(2)26-12-14-27(15-13-26)23(29)20-7-5-6-19(16-20)17-28-22-9-4-3-8-21(22)25(10-11-25)24(28)30;7-6-4-2-1-3-5-6/h3-13,18,21,27H,14-17,19-20H2,1-2H3;3-9,16,18H,10-15,17H2,1-2H3;1-5H/t27?,31-;;/m1../s1. The number of rotatable bonds is 9. The van der Waals surface area contributed by atoms with Gasteiger partial charge < -0.3 is 19.6 Å². The van der Waals surface area contributed by atoms with E-state index < -0.39 is 5.41 Å². The van der Waals surface area contributed by atoms with E-state index in [-0.39, 0.29) is 35.0 Å². The maximum Gasteiger partial charge on any atom is 0.253 e. The first-order chi connectivity index (χ1) is 35.8. The number of anilines is 2. The number of fused-ring (bicyclic) bond motifs is 4. The highest BCUT2D eigenvalue weighted by atomic mass is 35.5. The Bertz CT molecular complexity index is 3020. The van der Waals surface area contributed by atoms with Gasteiger partial charge in [0.05, 0.1) is 23.9 Å². The third kappa shape index (κ3) is 10.3. The van der Waals surface area contributed by atoms with Crippen molar-refractivity contribution in [2.24, 2.45) is 0 Å². The summed E-state index contributed by atoms with van der Waals surface area (Å²) in [6, 6.07) is 50.2. The van der Waals surface area contributed by atoms with Gasteiger partial charge in [-0.2, -0.15) is 0 Å². The normalized spacial score (nSPS) is 20.6. The molecule has 0 N–H and O–H groups in total. The van der Waals surface area contributed by atoms with Crippen molar-refractivity contribution in [1.82, 2.24) is 19.6 Å². The first-order valence-electron chi connectivity index (χ1n) is 26.3. The van der Waals surface area contributed by atoms with Crippen LogP contribution < -0.4 is 9.80 Å². The SMILES string of the molecule is CC(C)N1CCN(C(=O)c2cccc(CN3C(=O)C4(CC4)c4ccccc43)c2)CC1.CC(C)N1CCN(C(=O)c2cccc(CN3C(=O)[C@]4(CC4c4ccc(Cl)cc4)c4ccccc43)c2)CC1.Clc1ccccc1. The third-order valence-corrected chi connectivity index (χ3v) is 16.6. The van der Waals surface area contributed by atoms with E-state index in [2.05, 4.69) is 49.6 Å². The summed E-state index contributed by atoms with van der Waals surface area (Å²) in [7, 11) is 0. The van der Waals surface area contributed by atoms with Gasteiger partial charge in [-0.05, 0) is 135 Å². The third-order valence-electron chi connectivity index (χ3n) is 16.1. The Hall–Kier alpha value is -6.30. The van der Waals surface area contributed by atoms with Crippen LogP contribution in [-0.2, 0) is 33.5 Å². The minimum atomic E-state index is -0.506. The molecule has 2 aliphatic carbocycles. The molecule has 12 rings (SSSR count). The zero-order valence-corrected chi connectivity index (χ0v) is 44.4. The van der Waals surface area contributed by atoms with Crippen LogP contribution in [0, 0.1) is 0 Å². The van der Waals surface area contributed by atoms with Gasteiger partial charge >= 0.3 is 0 Å². The molecule has 382 valence electrons. The smallest absolute Gasteiger partial charge is 0.253 e. The first kappa shape index (κ1) is 51.2. The summed E-state index contributed by atoms with van der Waals surface area (Å²) in [5, 5.41) is 1.50. The second-order valence-corrected chi connectivity index (χ2v) is 22.1. The zero-order valence-electron chi connectivity index (χ0n) is 42.9. The molecule has 2 spiro atoms. The van der Waals surface area contributed by atoms with E-state index in [0.717, 1.165) is 110 Å². The van der Waals surface area contributed by atoms with Crippen LogP contribution in [0.3, 0.4) is 0 Å². The Morgan fingerprint density at radius 2 is 0.959 bits per heavy atom. The van der Waals surface area contributed by atoms with Gasteiger partial charge in [-0.15, -0.1) is 0 Å². The largest absolute Gasteiger partial charge is 0.336 e. The van der Waals surface area contributed by atoms with Crippen LogP contribution in [0.2, 0.25) is 10.0 Å². The fourth-order valence-electron chi connectivity index (χ4n) is 11.6. The summed E-state index contributed by atoms with van der Waals surface area (Å²) in [5.74, 6) is 0.674. The number of nitrogens with zero attached hydrogens (tertiary/aromatic N) is 6. The summed E-state index contributed by atoms with van der Waals surface area (Å²) < 4.78 is 0. The minimum absolute atomic E-state index is 0.0693. The van der Waals surface area contributed by atoms with Crippen LogP contribution in [0.15, 0.2) is 152 Å². The highest BCUT2D eigenvalue weighted by Gasteiger charge is 2.67. The van der Waals surface area contributed by atoms with E-state index >= 15 is 0 Å². The van der Waals surface area contributed by atoms with Gasteiger partial charge in [0.25, 0.3) is 11.8 Å². The number of hydrogen-bond acceptors (Lipinski definition) is 6. The van der Waals surface area contributed by atoms with E-state index in [4.69, 9.17) is 23.2 Å². The van der Waals surface area contributed by atoms with Gasteiger partial charge in [0, 0.05) is 103 Å². The Morgan fingerprint density at radius 1 is 0.514 bits per heavy atom. The van der Waals surface area contributed by atoms with Crippen molar-refractivity contribution in [2.75, 3.05) is 62.2 Å². The van der Waals surface area contributed by atoms with Crippen LogP contribution in [0.4, 0.5) is 11.4 Å². The Kier molecular flexibility index (Phi) is 14.9. The Morgan fingerprint density at radius 3 is 1.43 bits per heavy atom. The molecule has 2 saturated heterocycles. The van der Waals surface area contributed by atoms with Crippen LogP contribution in [-0.4, -0.2) is 108 Å². The predicted molar refractivity (Wildman–Crippen MR) is 296 cm³/mol. The highest BCUT2D eigenvalue weighted by Crippen LogP contribution is 2.66. The average Bonchev–Trinajstić information content (AvgIpc) is 4.39. The highest BCUT2D eigenvalue weighted by molar-refractivity contribution is 6.30. The quantitative estimate of drug-likeness (QED) is 0.143. The van der Waals surface area contributed by atoms with Crippen molar-refractivity contribution in [3.63, 3.8) is 0 Å². The van der Waals surface area contributed by atoms with Gasteiger partial charge in [0.15, 0.2) is 0 Å². The number of carbonyl (C=O) groups is 4. The molecule has 12 heteroatoms. The van der Waals surface area contributed by atoms with Crippen LogP contribution in [0.25, 0.3) is 0 Å². The van der Waals surface area contributed by atoms with Crippen LogP contribution >= 0.6 is 23.2 Å². The number of piperazine rings is 2. The molecule has 74 heavy (non-hydrogen) atoms. The molecule has 6 aliphatic rings. The second kappa shape index (κ2) is 21.5. The summed E-state index contributed by atoms with van der Waals surface area (Å²) in [5.41, 5.74) is 8.03. The molecule has 4 aliphatic heterocycles. The molecule has 0 bridgehead atoms. The van der Waals surface area contributed by atoms with E-state index in [1.807, 2.05) is 159 Å². The molecule has 1 unspecified atom stereocenters. The molecule has 10 nitrogen and oxygen atoms in total. The van der Waals surface area contributed by atoms with Gasteiger partial charge in [-0.25, -0.2) is 0 Å². The number of benzene rings is 6. The molecular weight excluding hydrogens is 964 g/mol. The minimum Gasteiger partial charge on any atom is -0.336 e. The molecule has 4 fully saturated rings. The monoisotopic (exact) mass is 1030 g/mol. The van der Waals surface area contributed by atoms with Crippen molar-refractivity contribution >= 4 is 58.2 Å². The molecule has 4 amide bonds. The van der Waals surface area contributed by atoms with Crippen LogP contribution in [0.5, 0.6) is 0 Å². The molecule has 6 aromatic carbocycles. The molecular formula is C62H66Cl2N6O4. The van der Waals surface area contributed by atoms with Gasteiger partial charge in [0.2, 0.25) is 11.8 Å². The molecule has 2 atom stereocenters. The first-order valence-corrected chi connectivity index (χ1v) is 27.1. The number of hydrogen-bond donors (Lipinski definition) is 0. The molecule has 4 heterocycles. The molecule has 2 saturated carbocycles. The fourth-order valence-corrected chi connectivity index (χ4v) is 11.9. The van der Waals surface area contributed by atoms with E-state index in [1.54, 1.807) is 0 Å². The fraction of sp³-hybridized carbons (Fsp3) is 0.355. The molecule has 0 radical (unpaired) electrons. The predicted octanol–water partition coefficient (Wildman–Crippen LogP) is 11.2. The summed E-state index contributed by atoms with van der Waals surface area (Å²) in [4.78, 5) is 66.0. The van der Waals surface area contributed by atoms with Gasteiger partial charge in [-0.1, -0.05) is 114 Å².